The van der Waals surface area contributed by atoms with Gasteiger partial charge in [-0.05, 0) is 36.2 Å². The van der Waals surface area contributed by atoms with E-state index in [4.69, 9.17) is 4.74 Å². The molecule has 8 nitrogen and oxygen atoms in total. The molecular weight excluding hydrogens is 350 g/mol. The Labute approximate surface area is 155 Å². The average molecular weight is 369 g/mol. The number of nitrogens with one attached hydrogen (secondary N) is 1. The number of non-ortho nitro benzene ring substituents is 1. The summed E-state index contributed by atoms with van der Waals surface area (Å²) >= 11 is 0. The van der Waals surface area contributed by atoms with Crippen molar-refractivity contribution in [2.45, 2.75) is 19.4 Å². The summed E-state index contributed by atoms with van der Waals surface area (Å²) in [5.74, 6) is 0.224. The fraction of sp³-hybridized carbons (Fsp3) is 0.263. The monoisotopic (exact) mass is 369 g/mol. The molecule has 8 heteroatoms. The summed E-state index contributed by atoms with van der Waals surface area (Å²) < 4.78 is 5.31. The van der Waals surface area contributed by atoms with Crippen LogP contribution in [0.4, 0.5) is 11.4 Å². The molecule has 1 heterocycles. The van der Waals surface area contributed by atoms with Gasteiger partial charge in [0.15, 0.2) is 6.61 Å². The minimum absolute atomic E-state index is 0.0362. The van der Waals surface area contributed by atoms with E-state index in [0.29, 0.717) is 18.7 Å². The summed E-state index contributed by atoms with van der Waals surface area (Å²) in [6.45, 7) is 0.907. The van der Waals surface area contributed by atoms with E-state index in [-0.39, 0.29) is 24.1 Å². The van der Waals surface area contributed by atoms with Gasteiger partial charge < -0.3 is 15.0 Å². The molecule has 3 rings (SSSR count). The van der Waals surface area contributed by atoms with Crippen molar-refractivity contribution >= 4 is 23.2 Å². The number of nitrogens with zero attached hydrogens (tertiary/aromatic N) is 2. The van der Waals surface area contributed by atoms with Crippen LogP contribution in [0.3, 0.4) is 0 Å². The highest BCUT2D eigenvalue weighted by atomic mass is 16.6. The maximum atomic E-state index is 11.9. The van der Waals surface area contributed by atoms with Gasteiger partial charge in [-0.15, -0.1) is 0 Å². The molecule has 1 saturated heterocycles. The van der Waals surface area contributed by atoms with E-state index in [0.717, 1.165) is 24.2 Å². The molecule has 1 aliphatic rings. The van der Waals surface area contributed by atoms with Gasteiger partial charge in [0.05, 0.1) is 4.92 Å². The molecule has 0 unspecified atom stereocenters. The number of ether oxygens (including phenoxy) is 1. The molecule has 2 amide bonds. The number of carbonyl (C=O) groups is 2. The first kappa shape index (κ1) is 18.4. The molecular formula is C19H19N3O5. The normalized spacial score (nSPS) is 13.5. The number of rotatable bonds is 7. The summed E-state index contributed by atoms with van der Waals surface area (Å²) in [5, 5.41) is 13.3. The van der Waals surface area contributed by atoms with Crippen LogP contribution in [0.5, 0.6) is 5.75 Å². The van der Waals surface area contributed by atoms with Gasteiger partial charge in [-0.25, -0.2) is 0 Å². The highest BCUT2D eigenvalue weighted by molar-refractivity contribution is 5.95. The first-order valence-electron chi connectivity index (χ1n) is 8.56. The van der Waals surface area contributed by atoms with Crippen LogP contribution in [-0.4, -0.2) is 29.9 Å². The van der Waals surface area contributed by atoms with Crippen LogP contribution < -0.4 is 15.0 Å². The molecule has 140 valence electrons. The Hall–Kier alpha value is -3.42. The van der Waals surface area contributed by atoms with Crippen molar-refractivity contribution in [2.75, 3.05) is 18.1 Å². The number of hydrogen-bond acceptors (Lipinski definition) is 5. The Morgan fingerprint density at radius 3 is 2.44 bits per heavy atom. The summed E-state index contributed by atoms with van der Waals surface area (Å²) in [7, 11) is 0. The van der Waals surface area contributed by atoms with E-state index in [1.807, 2.05) is 24.3 Å². The standard InChI is InChI=1S/C19H19N3O5/c23-18(13-27-17-9-7-16(8-10-17)22(25)26)20-12-14-3-5-15(6-4-14)21-11-1-2-19(21)24/h3-10H,1-2,11-13H2,(H,20,23). The van der Waals surface area contributed by atoms with Crippen molar-refractivity contribution in [1.82, 2.24) is 5.32 Å². The van der Waals surface area contributed by atoms with Gasteiger partial charge in [-0.2, -0.15) is 0 Å². The van der Waals surface area contributed by atoms with Crippen molar-refractivity contribution in [3.63, 3.8) is 0 Å². The largest absolute Gasteiger partial charge is 0.484 e. The van der Waals surface area contributed by atoms with E-state index in [1.54, 1.807) is 4.90 Å². The molecule has 27 heavy (non-hydrogen) atoms. The molecule has 0 saturated carbocycles. The molecule has 0 spiro atoms. The first-order valence-corrected chi connectivity index (χ1v) is 8.56. The van der Waals surface area contributed by atoms with Crippen LogP contribution in [0.25, 0.3) is 0 Å². The van der Waals surface area contributed by atoms with Crippen LogP contribution in [0.15, 0.2) is 48.5 Å². The minimum atomic E-state index is -0.499. The third-order valence-corrected chi connectivity index (χ3v) is 4.23. The average Bonchev–Trinajstić information content (AvgIpc) is 3.11. The highest BCUT2D eigenvalue weighted by Gasteiger charge is 2.21. The summed E-state index contributed by atoms with van der Waals surface area (Å²) in [6.07, 6.45) is 1.47. The Bertz CT molecular complexity index is 833. The van der Waals surface area contributed by atoms with Crippen LogP contribution in [0.2, 0.25) is 0 Å². The van der Waals surface area contributed by atoms with Gasteiger partial charge in [-0.1, -0.05) is 12.1 Å². The molecule has 1 fully saturated rings. The third kappa shape index (κ3) is 4.81. The van der Waals surface area contributed by atoms with E-state index in [1.165, 1.54) is 24.3 Å². The highest BCUT2D eigenvalue weighted by Crippen LogP contribution is 2.21. The van der Waals surface area contributed by atoms with Crippen molar-refractivity contribution in [3.8, 4) is 5.75 Å². The number of benzene rings is 2. The quantitative estimate of drug-likeness (QED) is 0.596. The SMILES string of the molecule is O=C(COc1ccc([N+](=O)[O-])cc1)NCc1ccc(N2CCCC2=O)cc1. The van der Waals surface area contributed by atoms with Crippen LogP contribution in [0, 0.1) is 10.1 Å². The molecule has 0 bridgehead atoms. The zero-order valence-corrected chi connectivity index (χ0v) is 14.6. The summed E-state index contributed by atoms with van der Waals surface area (Å²) in [4.78, 5) is 35.5. The molecule has 0 aliphatic carbocycles. The van der Waals surface area contributed by atoms with Gasteiger partial charge >= 0.3 is 0 Å². The first-order chi connectivity index (χ1) is 13.0. The van der Waals surface area contributed by atoms with Crippen molar-refractivity contribution in [2.24, 2.45) is 0 Å². The van der Waals surface area contributed by atoms with E-state index in [9.17, 15) is 19.7 Å². The predicted molar refractivity (Wildman–Crippen MR) is 98.5 cm³/mol. The van der Waals surface area contributed by atoms with Crippen molar-refractivity contribution in [1.29, 1.82) is 0 Å². The number of hydrogen-bond donors (Lipinski definition) is 1. The lowest BCUT2D eigenvalue weighted by atomic mass is 10.2. The molecule has 0 atom stereocenters. The second-order valence-corrected chi connectivity index (χ2v) is 6.13. The van der Waals surface area contributed by atoms with Gasteiger partial charge in [-0.3, -0.25) is 19.7 Å². The molecule has 1 aliphatic heterocycles. The molecule has 0 radical (unpaired) electrons. The molecule has 1 N–H and O–H groups in total. The number of carbonyl (C=O) groups excluding carboxylic acids is 2. The fourth-order valence-corrected chi connectivity index (χ4v) is 2.78. The maximum Gasteiger partial charge on any atom is 0.269 e. The van der Waals surface area contributed by atoms with Gasteiger partial charge in [0.1, 0.15) is 5.75 Å². The second kappa shape index (κ2) is 8.31. The molecule has 2 aromatic rings. The smallest absolute Gasteiger partial charge is 0.269 e. The number of anilines is 1. The Morgan fingerprint density at radius 2 is 1.85 bits per heavy atom. The topological polar surface area (TPSA) is 102 Å². The predicted octanol–water partition coefficient (Wildman–Crippen LogP) is 2.42. The van der Waals surface area contributed by atoms with E-state index >= 15 is 0 Å². The maximum absolute atomic E-state index is 11.9. The molecule has 2 aromatic carbocycles. The Morgan fingerprint density at radius 1 is 1.15 bits per heavy atom. The third-order valence-electron chi connectivity index (χ3n) is 4.23. The van der Waals surface area contributed by atoms with Gasteiger partial charge in [0, 0.05) is 37.3 Å². The fourth-order valence-electron chi connectivity index (χ4n) is 2.78. The van der Waals surface area contributed by atoms with Gasteiger partial charge in [0.25, 0.3) is 11.6 Å². The Kier molecular flexibility index (Phi) is 5.65. The number of nitro groups is 1. The Balaban J connectivity index is 1.44. The van der Waals surface area contributed by atoms with Crippen LogP contribution in [-0.2, 0) is 16.1 Å². The lowest BCUT2D eigenvalue weighted by Gasteiger charge is -2.16. The second-order valence-electron chi connectivity index (χ2n) is 6.13. The summed E-state index contributed by atoms with van der Waals surface area (Å²) in [5.41, 5.74) is 1.74. The lowest BCUT2D eigenvalue weighted by molar-refractivity contribution is -0.384. The zero-order chi connectivity index (χ0) is 19.2. The number of nitro benzene ring substituents is 1. The van der Waals surface area contributed by atoms with Crippen LogP contribution >= 0.6 is 0 Å². The summed E-state index contributed by atoms with van der Waals surface area (Å²) in [6, 6.07) is 13.0. The van der Waals surface area contributed by atoms with Crippen molar-refractivity contribution < 1.29 is 19.2 Å². The minimum Gasteiger partial charge on any atom is -0.484 e. The van der Waals surface area contributed by atoms with E-state index < -0.39 is 4.92 Å². The van der Waals surface area contributed by atoms with Crippen molar-refractivity contribution in [3.05, 3.63) is 64.2 Å². The van der Waals surface area contributed by atoms with Gasteiger partial charge in [0.2, 0.25) is 5.91 Å². The van der Waals surface area contributed by atoms with E-state index in [2.05, 4.69) is 5.32 Å². The lowest BCUT2D eigenvalue weighted by Crippen LogP contribution is -2.28. The molecule has 0 aromatic heterocycles. The zero-order valence-electron chi connectivity index (χ0n) is 14.6. The number of amides is 2. The van der Waals surface area contributed by atoms with Crippen LogP contribution in [0.1, 0.15) is 18.4 Å².